The van der Waals surface area contributed by atoms with E-state index in [0.717, 1.165) is 21.6 Å². The number of hydrogen-bond acceptors (Lipinski definition) is 5. The summed E-state index contributed by atoms with van der Waals surface area (Å²) in [6.45, 7) is 1.94. The number of benzene rings is 2. The van der Waals surface area contributed by atoms with Crippen molar-refractivity contribution in [3.05, 3.63) is 80.7 Å². The van der Waals surface area contributed by atoms with Gasteiger partial charge in [-0.2, -0.15) is 5.26 Å². The van der Waals surface area contributed by atoms with E-state index >= 15 is 0 Å². The molecule has 0 amide bonds. The zero-order valence-corrected chi connectivity index (χ0v) is 16.5. The van der Waals surface area contributed by atoms with E-state index < -0.39 is 0 Å². The van der Waals surface area contributed by atoms with E-state index in [1.807, 2.05) is 25.1 Å². The van der Waals surface area contributed by atoms with Crippen LogP contribution in [0, 0.1) is 24.1 Å². The van der Waals surface area contributed by atoms with Crippen LogP contribution in [-0.2, 0) is 5.75 Å². The summed E-state index contributed by atoms with van der Waals surface area (Å²) in [5, 5.41) is 10.1. The molecular formula is C21H14FN3OS2. The molecule has 0 fully saturated rings. The Labute approximate surface area is 168 Å². The maximum absolute atomic E-state index is 13.2. The Bertz CT molecular complexity index is 1270. The molecule has 4 nitrogen and oxygen atoms in total. The number of H-pyrrole nitrogens is 1. The van der Waals surface area contributed by atoms with Crippen molar-refractivity contribution in [1.29, 1.82) is 5.26 Å². The molecule has 0 atom stereocenters. The molecule has 0 aliphatic heterocycles. The monoisotopic (exact) mass is 407 g/mol. The van der Waals surface area contributed by atoms with Gasteiger partial charge in [-0.25, -0.2) is 9.37 Å². The van der Waals surface area contributed by atoms with Gasteiger partial charge in [0.25, 0.3) is 5.56 Å². The molecule has 0 aliphatic carbocycles. The lowest BCUT2D eigenvalue weighted by atomic mass is 10.0. The van der Waals surface area contributed by atoms with Crippen molar-refractivity contribution in [2.75, 3.05) is 0 Å². The van der Waals surface area contributed by atoms with Crippen molar-refractivity contribution < 1.29 is 4.39 Å². The quantitative estimate of drug-likeness (QED) is 0.370. The highest BCUT2D eigenvalue weighted by atomic mass is 32.2. The second kappa shape index (κ2) is 7.58. The summed E-state index contributed by atoms with van der Waals surface area (Å²) in [5.74, 6) is 0.284. The lowest BCUT2D eigenvalue weighted by Crippen LogP contribution is -2.08. The van der Waals surface area contributed by atoms with Gasteiger partial charge in [0, 0.05) is 16.2 Å². The molecule has 0 spiro atoms. The second-order valence-electron chi connectivity index (χ2n) is 6.19. The van der Waals surface area contributed by atoms with Gasteiger partial charge >= 0.3 is 0 Å². The molecule has 28 heavy (non-hydrogen) atoms. The Hall–Kier alpha value is -2.95. The van der Waals surface area contributed by atoms with Crippen molar-refractivity contribution >= 4 is 33.3 Å². The molecule has 0 bridgehead atoms. The highest BCUT2D eigenvalue weighted by molar-refractivity contribution is 7.98. The minimum atomic E-state index is -0.313. The number of aromatic amines is 1. The van der Waals surface area contributed by atoms with E-state index in [2.05, 4.69) is 16.0 Å². The second-order valence-corrected chi connectivity index (χ2v) is 8.36. The topological polar surface area (TPSA) is 69.5 Å². The number of nitrogens with zero attached hydrogens (tertiary/aromatic N) is 2. The van der Waals surface area contributed by atoms with Crippen molar-refractivity contribution in [3.63, 3.8) is 0 Å². The van der Waals surface area contributed by atoms with Crippen LogP contribution in [0.5, 0.6) is 0 Å². The van der Waals surface area contributed by atoms with Crippen LogP contribution in [0.2, 0.25) is 0 Å². The third-order valence-corrected chi connectivity index (χ3v) is 6.22. The van der Waals surface area contributed by atoms with E-state index in [9.17, 15) is 9.18 Å². The fourth-order valence-electron chi connectivity index (χ4n) is 3.01. The van der Waals surface area contributed by atoms with Crippen LogP contribution in [-0.4, -0.2) is 9.97 Å². The Morgan fingerprint density at radius 1 is 1.25 bits per heavy atom. The van der Waals surface area contributed by atoms with Crippen LogP contribution in [0.4, 0.5) is 4.39 Å². The predicted octanol–water partition coefficient (Wildman–Crippen LogP) is 5.26. The Morgan fingerprint density at radius 3 is 2.79 bits per heavy atom. The summed E-state index contributed by atoms with van der Waals surface area (Å²) in [6.07, 6.45) is 0. The molecule has 0 saturated heterocycles. The minimum Gasteiger partial charge on any atom is -0.301 e. The first-order valence-corrected chi connectivity index (χ1v) is 10.3. The first-order chi connectivity index (χ1) is 13.5. The van der Waals surface area contributed by atoms with Gasteiger partial charge in [0.05, 0.1) is 17.0 Å². The van der Waals surface area contributed by atoms with Crippen LogP contribution < -0.4 is 5.56 Å². The third-order valence-electron chi connectivity index (χ3n) is 4.28. The van der Waals surface area contributed by atoms with Gasteiger partial charge in [-0.05, 0) is 42.3 Å². The van der Waals surface area contributed by atoms with Crippen LogP contribution in [0.1, 0.15) is 16.0 Å². The number of nitriles is 1. The van der Waals surface area contributed by atoms with E-state index in [-0.39, 0.29) is 11.4 Å². The number of thioether (sulfide) groups is 1. The van der Waals surface area contributed by atoms with E-state index in [1.54, 1.807) is 18.2 Å². The smallest absolute Gasteiger partial charge is 0.260 e. The molecule has 2 aromatic carbocycles. The Kier molecular flexibility index (Phi) is 4.99. The van der Waals surface area contributed by atoms with Gasteiger partial charge in [-0.3, -0.25) is 4.79 Å². The molecule has 2 heterocycles. The average Bonchev–Trinajstić information content (AvgIpc) is 3.03. The number of rotatable bonds is 4. The van der Waals surface area contributed by atoms with Gasteiger partial charge in [0.1, 0.15) is 10.6 Å². The first-order valence-electron chi connectivity index (χ1n) is 8.46. The highest BCUT2D eigenvalue weighted by Crippen LogP contribution is 2.36. The third kappa shape index (κ3) is 3.57. The summed E-state index contributed by atoms with van der Waals surface area (Å²) < 4.78 is 13.2. The van der Waals surface area contributed by atoms with E-state index in [4.69, 9.17) is 5.26 Å². The molecule has 7 heteroatoms. The fraction of sp³-hybridized carbons (Fsp3) is 0.0952. The number of aromatic nitrogens is 2. The summed E-state index contributed by atoms with van der Waals surface area (Å²) in [7, 11) is 0. The number of aryl methyl sites for hydroxylation is 1. The predicted molar refractivity (Wildman–Crippen MR) is 111 cm³/mol. The summed E-state index contributed by atoms with van der Waals surface area (Å²) in [6, 6.07) is 15.6. The average molecular weight is 407 g/mol. The Balaban J connectivity index is 1.69. The molecule has 0 radical (unpaired) electrons. The first kappa shape index (κ1) is 18.4. The van der Waals surface area contributed by atoms with Gasteiger partial charge in [-0.1, -0.05) is 36.0 Å². The van der Waals surface area contributed by atoms with Crippen LogP contribution in [0.15, 0.2) is 58.5 Å². The molecule has 0 unspecified atom stereocenters. The minimum absolute atomic E-state index is 0.207. The molecule has 1 N–H and O–H groups in total. The van der Waals surface area contributed by atoms with Gasteiger partial charge < -0.3 is 4.98 Å². The van der Waals surface area contributed by atoms with Gasteiger partial charge in [0.15, 0.2) is 5.16 Å². The van der Waals surface area contributed by atoms with Crippen molar-refractivity contribution in [1.82, 2.24) is 9.97 Å². The van der Waals surface area contributed by atoms with Crippen LogP contribution in [0.25, 0.3) is 21.3 Å². The zero-order chi connectivity index (χ0) is 19.7. The molecule has 4 rings (SSSR count). The number of hydrogen-bond donors (Lipinski definition) is 1. The lowest BCUT2D eigenvalue weighted by Gasteiger charge is -2.04. The Morgan fingerprint density at radius 2 is 2.04 bits per heavy atom. The maximum atomic E-state index is 13.2. The lowest BCUT2D eigenvalue weighted by molar-refractivity contribution is 0.628. The SMILES string of the molecule is Cc1sc2nc(SCc3cccc(C#N)c3)[nH]c(=O)c2c1-c1ccc(F)cc1. The molecule has 2 aromatic heterocycles. The summed E-state index contributed by atoms with van der Waals surface area (Å²) >= 11 is 2.87. The summed E-state index contributed by atoms with van der Waals surface area (Å²) in [4.78, 5) is 21.8. The number of nitrogens with one attached hydrogen (secondary N) is 1. The molecule has 138 valence electrons. The molecule has 4 aromatic rings. The number of thiophene rings is 1. The van der Waals surface area contributed by atoms with E-state index in [1.165, 1.54) is 35.2 Å². The summed E-state index contributed by atoms with van der Waals surface area (Å²) in [5.41, 5.74) is 2.98. The molecular weight excluding hydrogens is 393 g/mol. The zero-order valence-electron chi connectivity index (χ0n) is 14.8. The van der Waals surface area contributed by atoms with E-state index in [0.29, 0.717) is 26.7 Å². The number of halogens is 1. The van der Waals surface area contributed by atoms with Gasteiger partial charge in [0.2, 0.25) is 0 Å². The van der Waals surface area contributed by atoms with Gasteiger partial charge in [-0.15, -0.1) is 11.3 Å². The van der Waals surface area contributed by atoms with Crippen molar-refractivity contribution in [3.8, 4) is 17.2 Å². The normalized spacial score (nSPS) is 10.9. The molecule has 0 saturated carbocycles. The molecule has 0 aliphatic rings. The van der Waals surface area contributed by atoms with Crippen molar-refractivity contribution in [2.24, 2.45) is 0 Å². The fourth-order valence-corrected chi connectivity index (χ4v) is 4.92. The van der Waals surface area contributed by atoms with Crippen LogP contribution >= 0.6 is 23.1 Å². The van der Waals surface area contributed by atoms with Crippen molar-refractivity contribution in [2.45, 2.75) is 17.8 Å². The number of fused-ring (bicyclic) bond motifs is 1. The highest BCUT2D eigenvalue weighted by Gasteiger charge is 2.17. The standard InChI is InChI=1S/C21H14FN3OS2/c1-12-17(15-5-7-16(22)8-6-15)18-19(26)24-21(25-20(18)28-12)27-11-14-4-2-3-13(9-14)10-23/h2-9H,11H2,1H3,(H,24,25,26). The maximum Gasteiger partial charge on any atom is 0.260 e. The van der Waals surface area contributed by atoms with Crippen LogP contribution in [0.3, 0.4) is 0 Å². The largest absolute Gasteiger partial charge is 0.301 e.